The number of carbonyl (C=O) groups is 2. The smallest absolute Gasteiger partial charge is 0.266 e. The van der Waals surface area contributed by atoms with Crippen LogP contribution in [0.3, 0.4) is 0 Å². The highest BCUT2D eigenvalue weighted by Gasteiger charge is 2.32. The molecule has 3 aromatic rings. The number of methoxy groups -OCH3 is 1. The van der Waals surface area contributed by atoms with Gasteiger partial charge in [-0.05, 0) is 35.4 Å². The van der Waals surface area contributed by atoms with Gasteiger partial charge in [-0.3, -0.25) is 14.5 Å². The summed E-state index contributed by atoms with van der Waals surface area (Å²) in [7, 11) is 1.55. The van der Waals surface area contributed by atoms with Crippen LogP contribution in [0.5, 0.6) is 5.75 Å². The number of hydrogen-bond donors (Lipinski definition) is 0. The van der Waals surface area contributed by atoms with E-state index >= 15 is 0 Å². The summed E-state index contributed by atoms with van der Waals surface area (Å²) in [5, 5.41) is 0. The lowest BCUT2D eigenvalue weighted by Gasteiger charge is -2.14. The van der Waals surface area contributed by atoms with Gasteiger partial charge in [-0.1, -0.05) is 66.4 Å². The van der Waals surface area contributed by atoms with Gasteiger partial charge in [0.15, 0.2) is 5.76 Å². The normalized spacial score (nSPS) is 15.0. The molecule has 0 radical (unpaired) electrons. The highest BCUT2D eigenvalue weighted by molar-refractivity contribution is 8.26. The molecule has 4 rings (SSSR count). The van der Waals surface area contributed by atoms with Gasteiger partial charge in [0, 0.05) is 12.0 Å². The van der Waals surface area contributed by atoms with E-state index in [1.54, 1.807) is 30.2 Å². The Kier molecular flexibility index (Phi) is 6.34. The summed E-state index contributed by atoms with van der Waals surface area (Å²) in [4.78, 5) is 27.4. The van der Waals surface area contributed by atoms with Crippen molar-refractivity contribution >= 4 is 46.1 Å². The third kappa shape index (κ3) is 4.78. The number of thioether (sulfide) groups is 1. The predicted octanol–water partition coefficient (Wildman–Crippen LogP) is 5.12. The Morgan fingerprint density at radius 1 is 1.16 bits per heavy atom. The maximum Gasteiger partial charge on any atom is 0.266 e. The van der Waals surface area contributed by atoms with Crippen molar-refractivity contribution in [2.75, 3.05) is 7.11 Å². The number of hydrogen-bond acceptors (Lipinski definition) is 6. The number of furan rings is 1. The number of nitrogens with zero attached hydrogens (tertiary/aromatic N) is 1. The van der Waals surface area contributed by atoms with Gasteiger partial charge in [0.1, 0.15) is 10.1 Å². The second kappa shape index (κ2) is 9.32. The van der Waals surface area contributed by atoms with Crippen molar-refractivity contribution in [2.45, 2.75) is 13.0 Å². The molecule has 31 heavy (non-hydrogen) atoms. The lowest BCUT2D eigenvalue weighted by Crippen LogP contribution is -2.27. The first-order valence-corrected chi connectivity index (χ1v) is 10.8. The molecule has 2 aromatic carbocycles. The van der Waals surface area contributed by atoms with E-state index in [4.69, 9.17) is 21.4 Å². The second-order valence-electron chi connectivity index (χ2n) is 6.90. The topological polar surface area (TPSA) is 59.8 Å². The van der Waals surface area contributed by atoms with Crippen molar-refractivity contribution in [1.82, 2.24) is 4.90 Å². The van der Waals surface area contributed by atoms with Crippen LogP contribution in [-0.4, -0.2) is 28.0 Å². The highest BCUT2D eigenvalue weighted by atomic mass is 32.2. The lowest BCUT2D eigenvalue weighted by molar-refractivity contribution is -0.122. The van der Waals surface area contributed by atoms with Crippen LogP contribution in [0.15, 0.2) is 76.2 Å². The number of ketones is 1. The van der Waals surface area contributed by atoms with Crippen molar-refractivity contribution < 1.29 is 18.7 Å². The van der Waals surface area contributed by atoms with Crippen LogP contribution >= 0.6 is 24.0 Å². The summed E-state index contributed by atoms with van der Waals surface area (Å²) >= 11 is 6.71. The summed E-state index contributed by atoms with van der Waals surface area (Å²) in [6.07, 6.45) is 3.43. The summed E-state index contributed by atoms with van der Waals surface area (Å²) in [6, 6.07) is 18.6. The van der Waals surface area contributed by atoms with Gasteiger partial charge in [0.25, 0.3) is 5.91 Å². The molecule has 1 aromatic heterocycles. The van der Waals surface area contributed by atoms with Crippen molar-refractivity contribution in [1.29, 1.82) is 0 Å². The third-order valence-electron chi connectivity index (χ3n) is 4.81. The first-order chi connectivity index (χ1) is 15.0. The van der Waals surface area contributed by atoms with Crippen molar-refractivity contribution in [2.24, 2.45) is 0 Å². The number of ether oxygens (including phenoxy) is 1. The van der Waals surface area contributed by atoms with Crippen LogP contribution in [0.1, 0.15) is 27.2 Å². The minimum absolute atomic E-state index is 0.116. The molecule has 0 spiro atoms. The molecule has 1 fully saturated rings. The predicted molar refractivity (Wildman–Crippen MR) is 125 cm³/mol. The molecular formula is C24H19NO4S2. The van der Waals surface area contributed by atoms with E-state index in [1.807, 2.05) is 48.5 Å². The first-order valence-electron chi connectivity index (χ1n) is 9.58. The van der Waals surface area contributed by atoms with Crippen LogP contribution in [-0.2, 0) is 17.8 Å². The molecule has 0 unspecified atom stereocenters. The quantitative estimate of drug-likeness (QED) is 0.284. The molecular weight excluding hydrogens is 430 g/mol. The Bertz CT molecular complexity index is 1150. The Balaban J connectivity index is 1.52. The van der Waals surface area contributed by atoms with Gasteiger partial charge >= 0.3 is 0 Å². The zero-order valence-corrected chi connectivity index (χ0v) is 18.4. The van der Waals surface area contributed by atoms with Crippen LogP contribution in [0.4, 0.5) is 0 Å². The number of thiocarbonyl (C=S) groups is 1. The fraction of sp³-hybridized carbons (Fsp3) is 0.125. The number of rotatable bonds is 7. The maximum absolute atomic E-state index is 12.9. The van der Waals surface area contributed by atoms with E-state index in [0.717, 1.165) is 16.7 Å². The minimum Gasteiger partial charge on any atom is -0.496 e. The van der Waals surface area contributed by atoms with E-state index in [0.29, 0.717) is 27.3 Å². The van der Waals surface area contributed by atoms with Gasteiger partial charge in [0.2, 0.25) is 5.78 Å². The summed E-state index contributed by atoms with van der Waals surface area (Å²) in [6.45, 7) is 0.444. The highest BCUT2D eigenvalue weighted by Crippen LogP contribution is 2.34. The molecule has 156 valence electrons. The fourth-order valence-electron chi connectivity index (χ4n) is 3.25. The summed E-state index contributed by atoms with van der Waals surface area (Å²) in [5.74, 6) is 0.648. The van der Waals surface area contributed by atoms with Crippen LogP contribution < -0.4 is 4.74 Å². The number of benzene rings is 2. The number of amides is 1. The average molecular weight is 450 g/mol. The molecule has 0 bridgehead atoms. The van der Waals surface area contributed by atoms with Gasteiger partial charge in [-0.25, -0.2) is 0 Å². The molecule has 7 heteroatoms. The second-order valence-corrected chi connectivity index (χ2v) is 8.58. The zero-order chi connectivity index (χ0) is 21.8. The van der Waals surface area contributed by atoms with Crippen LogP contribution in [0.2, 0.25) is 0 Å². The van der Waals surface area contributed by atoms with Gasteiger partial charge < -0.3 is 9.15 Å². The van der Waals surface area contributed by atoms with Crippen LogP contribution in [0, 0.1) is 0 Å². The molecule has 0 aliphatic carbocycles. The molecule has 0 atom stereocenters. The van der Waals surface area contributed by atoms with Crippen molar-refractivity contribution in [3.05, 3.63) is 94.3 Å². The van der Waals surface area contributed by atoms with Crippen LogP contribution in [0.25, 0.3) is 6.08 Å². The third-order valence-corrected chi connectivity index (χ3v) is 6.19. The van der Waals surface area contributed by atoms with Gasteiger partial charge in [-0.15, -0.1) is 0 Å². The minimum atomic E-state index is -0.127. The van der Waals surface area contributed by atoms with Crippen molar-refractivity contribution in [3.8, 4) is 5.75 Å². The van der Waals surface area contributed by atoms with E-state index in [1.165, 1.54) is 18.0 Å². The molecule has 5 nitrogen and oxygen atoms in total. The molecule has 1 saturated heterocycles. The van der Waals surface area contributed by atoms with E-state index in [9.17, 15) is 9.59 Å². The SMILES string of the molecule is COc1cc(C=C2SC(=S)N(Cc3ccccc3)C2=O)ccc1CC(=O)c1ccco1. The lowest BCUT2D eigenvalue weighted by atomic mass is 10.0. The zero-order valence-electron chi connectivity index (χ0n) is 16.7. The van der Waals surface area contributed by atoms with Gasteiger partial charge in [0.05, 0.1) is 24.8 Å². The molecule has 0 N–H and O–H groups in total. The molecule has 2 heterocycles. The average Bonchev–Trinajstić information content (AvgIpc) is 3.41. The molecule has 1 aliphatic rings. The Morgan fingerprint density at radius 3 is 2.68 bits per heavy atom. The Hall–Kier alpha value is -3.16. The number of carbonyl (C=O) groups excluding carboxylic acids is 2. The van der Waals surface area contributed by atoms with Crippen molar-refractivity contribution in [3.63, 3.8) is 0 Å². The largest absolute Gasteiger partial charge is 0.496 e. The van der Waals surface area contributed by atoms with E-state index < -0.39 is 0 Å². The fourth-order valence-corrected chi connectivity index (χ4v) is 4.50. The molecule has 0 saturated carbocycles. The molecule has 1 aliphatic heterocycles. The van der Waals surface area contributed by atoms with Gasteiger partial charge in [-0.2, -0.15) is 0 Å². The van der Waals surface area contributed by atoms with E-state index in [-0.39, 0.29) is 18.1 Å². The van der Waals surface area contributed by atoms with E-state index in [2.05, 4.69) is 0 Å². The Morgan fingerprint density at radius 2 is 1.97 bits per heavy atom. The standard InChI is InChI=1S/C24H19NO4S2/c1-28-21-12-17(9-10-18(21)14-19(26)20-8-5-11-29-20)13-22-23(27)25(24(30)31-22)15-16-6-3-2-4-7-16/h2-13H,14-15H2,1H3. The molecule has 1 amide bonds. The number of Topliss-reactive ketones (excluding diaryl/α,β-unsaturated/α-hetero) is 1. The monoisotopic (exact) mass is 449 g/mol. The summed E-state index contributed by atoms with van der Waals surface area (Å²) in [5.41, 5.74) is 2.57. The Labute approximate surface area is 189 Å². The summed E-state index contributed by atoms with van der Waals surface area (Å²) < 4.78 is 11.2. The first kappa shape index (κ1) is 21.1. The maximum atomic E-state index is 12.9.